The van der Waals surface area contributed by atoms with E-state index in [0.717, 1.165) is 12.6 Å². The maximum atomic E-state index is 6.34. The Morgan fingerprint density at radius 3 is 2.08 bits per heavy atom. The zero-order chi connectivity index (χ0) is 9.69. The fraction of sp³-hybridized carbons (Fsp3) is 1.00. The van der Waals surface area contributed by atoms with Crippen molar-refractivity contribution in [2.45, 2.75) is 63.6 Å². The van der Waals surface area contributed by atoms with Crippen LogP contribution >= 0.6 is 0 Å². The fourth-order valence-corrected chi connectivity index (χ4v) is 2.90. The van der Waals surface area contributed by atoms with Crippen LogP contribution in [-0.2, 0) is 0 Å². The average molecular weight is 182 g/mol. The van der Waals surface area contributed by atoms with Gasteiger partial charge in [-0.15, -0.1) is 0 Å². The average Bonchev–Trinajstić information content (AvgIpc) is 2.03. The van der Waals surface area contributed by atoms with E-state index in [1.165, 1.54) is 25.7 Å². The molecule has 3 rings (SSSR count). The standard InChI is InChI=1S/C11H22N2/c1-10(2,3)13-8-11(12)6-4-9(13)5-7-11/h9H,4-8,12H2,1-3H3. The third kappa shape index (κ3) is 1.62. The molecule has 2 saturated heterocycles. The third-order valence-electron chi connectivity index (χ3n) is 3.74. The van der Waals surface area contributed by atoms with Gasteiger partial charge in [-0.1, -0.05) is 0 Å². The molecule has 0 aromatic heterocycles. The van der Waals surface area contributed by atoms with Crippen LogP contribution in [0.15, 0.2) is 0 Å². The quantitative estimate of drug-likeness (QED) is 0.618. The van der Waals surface area contributed by atoms with Gasteiger partial charge in [-0.25, -0.2) is 0 Å². The minimum atomic E-state index is 0.141. The Morgan fingerprint density at radius 1 is 1.23 bits per heavy atom. The van der Waals surface area contributed by atoms with Crippen LogP contribution in [0.2, 0.25) is 0 Å². The molecule has 1 aliphatic carbocycles. The molecule has 0 aromatic carbocycles. The molecule has 0 amide bonds. The summed E-state index contributed by atoms with van der Waals surface area (Å²) in [6, 6.07) is 0.811. The van der Waals surface area contributed by atoms with E-state index in [2.05, 4.69) is 25.7 Å². The van der Waals surface area contributed by atoms with E-state index in [9.17, 15) is 0 Å². The first kappa shape index (κ1) is 9.47. The van der Waals surface area contributed by atoms with Gasteiger partial charge in [0.1, 0.15) is 0 Å². The highest BCUT2D eigenvalue weighted by Gasteiger charge is 2.45. The second-order valence-electron chi connectivity index (χ2n) is 5.89. The van der Waals surface area contributed by atoms with Gasteiger partial charge in [0.05, 0.1) is 0 Å². The van der Waals surface area contributed by atoms with Crippen LogP contribution in [0, 0.1) is 0 Å². The van der Waals surface area contributed by atoms with Gasteiger partial charge in [0, 0.05) is 23.7 Å². The summed E-state index contributed by atoms with van der Waals surface area (Å²) in [5.41, 5.74) is 6.78. The molecule has 13 heavy (non-hydrogen) atoms. The topological polar surface area (TPSA) is 29.3 Å². The first-order chi connectivity index (χ1) is 5.91. The van der Waals surface area contributed by atoms with Crippen LogP contribution in [0.1, 0.15) is 46.5 Å². The number of nitrogens with two attached hydrogens (primary N) is 1. The van der Waals surface area contributed by atoms with Gasteiger partial charge in [-0.05, 0) is 46.5 Å². The number of fused-ring (bicyclic) bond motifs is 3. The lowest BCUT2D eigenvalue weighted by Crippen LogP contribution is -2.66. The fourth-order valence-electron chi connectivity index (χ4n) is 2.90. The molecule has 2 heterocycles. The summed E-state index contributed by atoms with van der Waals surface area (Å²) in [6.07, 6.45) is 5.11. The van der Waals surface area contributed by atoms with E-state index in [1.54, 1.807) is 0 Å². The van der Waals surface area contributed by atoms with Crippen LogP contribution in [0.4, 0.5) is 0 Å². The summed E-state index contributed by atoms with van der Waals surface area (Å²) in [4.78, 5) is 2.61. The van der Waals surface area contributed by atoms with Crippen LogP contribution in [-0.4, -0.2) is 28.6 Å². The summed E-state index contributed by atoms with van der Waals surface area (Å²) in [5, 5.41) is 0. The van der Waals surface area contributed by atoms with E-state index in [0.29, 0.717) is 5.54 Å². The predicted molar refractivity (Wildman–Crippen MR) is 55.6 cm³/mol. The molecular weight excluding hydrogens is 160 g/mol. The molecule has 2 N–H and O–H groups in total. The van der Waals surface area contributed by atoms with Crippen LogP contribution < -0.4 is 5.73 Å². The molecule has 2 aliphatic heterocycles. The molecular formula is C11H22N2. The first-order valence-corrected chi connectivity index (χ1v) is 5.46. The molecule has 0 aromatic rings. The van der Waals surface area contributed by atoms with Crippen LogP contribution in [0.5, 0.6) is 0 Å². The minimum Gasteiger partial charge on any atom is -0.324 e. The monoisotopic (exact) mass is 182 g/mol. The minimum absolute atomic E-state index is 0.141. The summed E-state index contributed by atoms with van der Waals surface area (Å²) < 4.78 is 0. The largest absolute Gasteiger partial charge is 0.324 e. The van der Waals surface area contributed by atoms with Gasteiger partial charge in [0.2, 0.25) is 0 Å². The van der Waals surface area contributed by atoms with Crippen molar-refractivity contribution in [2.75, 3.05) is 6.54 Å². The van der Waals surface area contributed by atoms with Gasteiger partial charge in [-0.3, -0.25) is 4.90 Å². The first-order valence-electron chi connectivity index (χ1n) is 5.46. The van der Waals surface area contributed by atoms with Crippen molar-refractivity contribution in [1.29, 1.82) is 0 Å². The molecule has 0 unspecified atom stereocenters. The Bertz CT molecular complexity index is 197. The second kappa shape index (κ2) is 2.71. The van der Waals surface area contributed by atoms with Crippen LogP contribution in [0.25, 0.3) is 0 Å². The zero-order valence-electron chi connectivity index (χ0n) is 9.14. The molecule has 76 valence electrons. The highest BCUT2D eigenvalue weighted by atomic mass is 15.3. The van der Waals surface area contributed by atoms with Crippen molar-refractivity contribution < 1.29 is 0 Å². The van der Waals surface area contributed by atoms with Crippen molar-refractivity contribution in [3.05, 3.63) is 0 Å². The van der Waals surface area contributed by atoms with Gasteiger partial charge in [-0.2, -0.15) is 0 Å². The van der Waals surface area contributed by atoms with Gasteiger partial charge in [0.15, 0.2) is 0 Å². The summed E-state index contributed by atoms with van der Waals surface area (Å²) in [6.45, 7) is 8.02. The Morgan fingerprint density at radius 2 is 1.77 bits per heavy atom. The van der Waals surface area contributed by atoms with E-state index < -0.39 is 0 Å². The van der Waals surface area contributed by atoms with E-state index >= 15 is 0 Å². The maximum absolute atomic E-state index is 6.34. The lowest BCUT2D eigenvalue weighted by molar-refractivity contribution is -0.0293. The van der Waals surface area contributed by atoms with Gasteiger partial charge >= 0.3 is 0 Å². The van der Waals surface area contributed by atoms with Crippen molar-refractivity contribution in [2.24, 2.45) is 5.73 Å². The zero-order valence-corrected chi connectivity index (χ0v) is 9.14. The molecule has 1 saturated carbocycles. The molecule has 2 nitrogen and oxygen atoms in total. The van der Waals surface area contributed by atoms with Crippen molar-refractivity contribution in [1.82, 2.24) is 4.90 Å². The Labute approximate surface area is 81.5 Å². The van der Waals surface area contributed by atoms with E-state index in [4.69, 9.17) is 5.73 Å². The lowest BCUT2D eigenvalue weighted by atomic mass is 9.73. The molecule has 3 aliphatic rings. The molecule has 0 spiro atoms. The molecule has 2 heteroatoms. The van der Waals surface area contributed by atoms with E-state index in [-0.39, 0.29) is 5.54 Å². The number of hydrogen-bond acceptors (Lipinski definition) is 2. The molecule has 3 fully saturated rings. The molecule has 2 bridgehead atoms. The number of piperidine rings is 2. The van der Waals surface area contributed by atoms with Crippen molar-refractivity contribution in [3.63, 3.8) is 0 Å². The normalized spacial score (nSPS) is 41.1. The molecule has 0 radical (unpaired) electrons. The highest BCUT2D eigenvalue weighted by Crippen LogP contribution is 2.39. The Kier molecular flexibility index (Phi) is 1.97. The number of hydrogen-bond donors (Lipinski definition) is 1. The number of nitrogens with zero attached hydrogens (tertiary/aromatic N) is 1. The SMILES string of the molecule is CC(C)(C)N1CC2(N)CCC1CC2. The maximum Gasteiger partial charge on any atom is 0.0284 e. The van der Waals surface area contributed by atoms with Gasteiger partial charge in [0.25, 0.3) is 0 Å². The van der Waals surface area contributed by atoms with E-state index in [1.807, 2.05) is 0 Å². The second-order valence-corrected chi connectivity index (χ2v) is 5.89. The number of rotatable bonds is 0. The smallest absolute Gasteiger partial charge is 0.0284 e. The van der Waals surface area contributed by atoms with Crippen LogP contribution in [0.3, 0.4) is 0 Å². The lowest BCUT2D eigenvalue weighted by Gasteiger charge is -2.55. The highest BCUT2D eigenvalue weighted by molar-refractivity contribution is 5.04. The third-order valence-corrected chi connectivity index (χ3v) is 3.74. The summed E-state index contributed by atoms with van der Waals surface area (Å²) >= 11 is 0. The summed E-state index contributed by atoms with van der Waals surface area (Å²) in [7, 11) is 0. The summed E-state index contributed by atoms with van der Waals surface area (Å²) in [5.74, 6) is 0. The van der Waals surface area contributed by atoms with Crippen molar-refractivity contribution in [3.8, 4) is 0 Å². The van der Waals surface area contributed by atoms with Gasteiger partial charge < -0.3 is 5.73 Å². The molecule has 0 atom stereocenters. The Hall–Kier alpha value is -0.0800. The Balaban J connectivity index is 2.16. The van der Waals surface area contributed by atoms with Crippen molar-refractivity contribution >= 4 is 0 Å². The predicted octanol–water partition coefficient (Wildman–Crippen LogP) is 1.74.